The second kappa shape index (κ2) is 8.08. The second-order valence-electron chi connectivity index (χ2n) is 12.0. The van der Waals surface area contributed by atoms with Gasteiger partial charge in [-0.25, -0.2) is 0 Å². The van der Waals surface area contributed by atoms with Crippen LogP contribution in [0.2, 0.25) is 0 Å². The molecule has 1 nitrogen and oxygen atoms in total. The van der Waals surface area contributed by atoms with Gasteiger partial charge in [0.1, 0.15) is 0 Å². The Kier molecular flexibility index (Phi) is 4.51. The van der Waals surface area contributed by atoms with Crippen molar-refractivity contribution in [3.8, 4) is 11.1 Å². The van der Waals surface area contributed by atoms with Gasteiger partial charge in [-0.15, -0.1) is 0 Å². The third kappa shape index (κ3) is 3.12. The predicted molar refractivity (Wildman–Crippen MR) is 176 cm³/mol. The molecule has 6 aromatic carbocycles. The van der Waals surface area contributed by atoms with E-state index in [-0.39, 0.29) is 0 Å². The first-order valence-electron chi connectivity index (χ1n) is 14.6. The number of nitrogens with zero attached hydrogens (tertiary/aromatic N) is 1. The van der Waals surface area contributed by atoms with E-state index in [9.17, 15) is 0 Å². The van der Waals surface area contributed by atoms with Gasteiger partial charge in [-0.05, 0) is 113 Å². The van der Waals surface area contributed by atoms with Gasteiger partial charge in [0.05, 0.1) is 16.6 Å². The summed E-state index contributed by atoms with van der Waals surface area (Å²) in [4.78, 5) is 0. The third-order valence-electron chi connectivity index (χ3n) is 9.28. The molecule has 194 valence electrons. The fraction of sp³-hybridized carbons (Fsp3) is 0.100. The number of benzene rings is 6. The minimum atomic E-state index is 0.980. The lowest BCUT2D eigenvalue weighted by molar-refractivity contribution is 1.26. The Balaban J connectivity index is 1.68. The van der Waals surface area contributed by atoms with Crippen molar-refractivity contribution in [2.45, 2.75) is 27.2 Å². The van der Waals surface area contributed by atoms with Crippen molar-refractivity contribution in [2.75, 3.05) is 0 Å². The molecule has 2 heterocycles. The molecule has 0 saturated heterocycles. The number of fused-ring (bicyclic) bond motifs is 13. The maximum Gasteiger partial charge on any atom is 0.0620 e. The first-order chi connectivity index (χ1) is 20.0. The Bertz CT molecular complexity index is 2470. The molecule has 0 N–H and O–H groups in total. The summed E-state index contributed by atoms with van der Waals surface area (Å²) in [5.74, 6) is 0. The van der Waals surface area contributed by atoms with Crippen LogP contribution < -0.4 is 0 Å². The Morgan fingerprint density at radius 2 is 0.951 bits per heavy atom. The maximum absolute atomic E-state index is 2.57. The molecule has 0 bridgehead atoms. The van der Waals surface area contributed by atoms with Crippen molar-refractivity contribution in [3.05, 3.63) is 137 Å². The lowest BCUT2D eigenvalue weighted by Gasteiger charge is -2.09. The number of aryl methyl sites for hydroxylation is 3. The van der Waals surface area contributed by atoms with E-state index in [2.05, 4.69) is 134 Å². The van der Waals surface area contributed by atoms with Gasteiger partial charge in [-0.1, -0.05) is 83.9 Å². The number of hydrogen-bond acceptors (Lipinski definition) is 0. The fourth-order valence-electron chi connectivity index (χ4n) is 7.50. The summed E-state index contributed by atoms with van der Waals surface area (Å²) in [5, 5.41) is 10.4. The Hall–Kier alpha value is -4.88. The zero-order valence-electron chi connectivity index (χ0n) is 23.5. The molecule has 0 amide bonds. The Morgan fingerprint density at radius 3 is 1.68 bits per heavy atom. The van der Waals surface area contributed by atoms with Gasteiger partial charge in [0.15, 0.2) is 0 Å². The molecule has 1 heteroatoms. The van der Waals surface area contributed by atoms with E-state index in [1.807, 2.05) is 0 Å². The molecule has 0 unspecified atom stereocenters. The van der Waals surface area contributed by atoms with Crippen LogP contribution in [0, 0.1) is 20.8 Å². The highest BCUT2D eigenvalue weighted by atomic mass is 14.9. The highest BCUT2D eigenvalue weighted by molar-refractivity contribution is 6.25. The monoisotopic (exact) mass is 523 g/mol. The van der Waals surface area contributed by atoms with Crippen LogP contribution in [0.3, 0.4) is 0 Å². The topological polar surface area (TPSA) is 4.41 Å². The molecular weight excluding hydrogens is 494 g/mol. The molecule has 0 fully saturated rings. The number of aromatic nitrogens is 1. The smallest absolute Gasteiger partial charge is 0.0620 e. The number of hydrogen-bond donors (Lipinski definition) is 0. The highest BCUT2D eigenvalue weighted by Gasteiger charge is 2.22. The molecule has 0 radical (unpaired) electrons. The quantitative estimate of drug-likeness (QED) is 0.186. The van der Waals surface area contributed by atoms with Crippen LogP contribution in [0.15, 0.2) is 109 Å². The zero-order valence-corrected chi connectivity index (χ0v) is 23.5. The summed E-state index contributed by atoms with van der Waals surface area (Å²) in [7, 11) is 0. The average molecular weight is 524 g/mol. The van der Waals surface area contributed by atoms with Gasteiger partial charge in [-0.3, -0.25) is 0 Å². The standard InChI is InChI=1S/C40H29N/c1-23-12-14-26-20-27-21-35-30-10-6-4-8-28(30)29-9-5-7-11-31(29)36-18-25(3)19-37-34-17-24(2)13-15-38(34)41(40(36)37)39(35)22-33(27)32(26)16-23/h4-19,21-22H,20H2,1-3H3. The van der Waals surface area contributed by atoms with Crippen LogP contribution in [-0.4, -0.2) is 4.40 Å². The highest BCUT2D eigenvalue weighted by Crippen LogP contribution is 2.44. The summed E-state index contributed by atoms with van der Waals surface area (Å²) in [5.41, 5.74) is 13.3. The molecule has 1 aliphatic carbocycles. The first-order valence-corrected chi connectivity index (χ1v) is 14.6. The van der Waals surface area contributed by atoms with Crippen LogP contribution in [0.25, 0.3) is 70.8 Å². The van der Waals surface area contributed by atoms with Crippen molar-refractivity contribution < 1.29 is 0 Å². The van der Waals surface area contributed by atoms with Gasteiger partial charge < -0.3 is 4.40 Å². The lowest BCUT2D eigenvalue weighted by Crippen LogP contribution is -1.90. The van der Waals surface area contributed by atoms with Crippen LogP contribution in [-0.2, 0) is 6.42 Å². The van der Waals surface area contributed by atoms with E-state index in [1.165, 1.54) is 98.6 Å². The van der Waals surface area contributed by atoms with E-state index >= 15 is 0 Å². The molecule has 1 aliphatic rings. The van der Waals surface area contributed by atoms with E-state index in [0.29, 0.717) is 0 Å². The molecule has 0 spiro atoms. The lowest BCUT2D eigenvalue weighted by atomic mass is 9.98. The van der Waals surface area contributed by atoms with Crippen LogP contribution >= 0.6 is 0 Å². The summed E-state index contributed by atoms with van der Waals surface area (Å²) >= 11 is 0. The molecule has 8 aromatic rings. The van der Waals surface area contributed by atoms with Gasteiger partial charge >= 0.3 is 0 Å². The average Bonchev–Trinajstić information content (AvgIpc) is 3.50. The molecule has 2 aromatic heterocycles. The van der Waals surface area contributed by atoms with Crippen molar-refractivity contribution in [1.29, 1.82) is 0 Å². The Labute approximate surface area is 238 Å². The Morgan fingerprint density at radius 1 is 0.415 bits per heavy atom. The summed E-state index contributed by atoms with van der Waals surface area (Å²) < 4.78 is 2.57. The van der Waals surface area contributed by atoms with Gasteiger partial charge in [-0.2, -0.15) is 0 Å². The first kappa shape index (κ1) is 22.9. The van der Waals surface area contributed by atoms with Crippen LogP contribution in [0.4, 0.5) is 0 Å². The molecule has 0 saturated carbocycles. The van der Waals surface area contributed by atoms with Crippen molar-refractivity contribution in [2.24, 2.45) is 0 Å². The van der Waals surface area contributed by atoms with E-state index in [0.717, 1.165) is 6.42 Å². The SMILES string of the molecule is Cc1ccc2c(c1)-c1cc3c(cc1C2)c1ccccc1c1ccccc1c1cc(C)cc2c4cc(C)ccc4n3c12. The molecular formula is C40H29N. The fourth-order valence-corrected chi connectivity index (χ4v) is 7.50. The minimum Gasteiger partial charge on any atom is -0.308 e. The number of rotatable bonds is 0. The molecule has 0 atom stereocenters. The van der Waals surface area contributed by atoms with Gasteiger partial charge in [0.2, 0.25) is 0 Å². The summed E-state index contributed by atoms with van der Waals surface area (Å²) in [6, 6.07) is 41.6. The second-order valence-corrected chi connectivity index (χ2v) is 12.0. The van der Waals surface area contributed by atoms with E-state index in [4.69, 9.17) is 0 Å². The zero-order chi connectivity index (χ0) is 27.4. The van der Waals surface area contributed by atoms with E-state index < -0.39 is 0 Å². The minimum absolute atomic E-state index is 0.980. The summed E-state index contributed by atoms with van der Waals surface area (Å²) in [6.45, 7) is 6.64. The maximum atomic E-state index is 2.57. The van der Waals surface area contributed by atoms with Crippen molar-refractivity contribution in [1.82, 2.24) is 4.40 Å². The third-order valence-corrected chi connectivity index (χ3v) is 9.28. The molecule has 0 aliphatic heterocycles. The summed E-state index contributed by atoms with van der Waals surface area (Å²) in [6.07, 6.45) is 0.980. The molecule has 41 heavy (non-hydrogen) atoms. The van der Waals surface area contributed by atoms with Crippen LogP contribution in [0.1, 0.15) is 27.8 Å². The van der Waals surface area contributed by atoms with Gasteiger partial charge in [0.25, 0.3) is 0 Å². The van der Waals surface area contributed by atoms with Crippen LogP contribution in [0.5, 0.6) is 0 Å². The normalized spacial score (nSPS) is 12.7. The van der Waals surface area contributed by atoms with Crippen molar-refractivity contribution >= 4 is 59.6 Å². The van der Waals surface area contributed by atoms with E-state index in [1.54, 1.807) is 0 Å². The largest absolute Gasteiger partial charge is 0.308 e. The van der Waals surface area contributed by atoms with Crippen molar-refractivity contribution in [3.63, 3.8) is 0 Å². The predicted octanol–water partition coefficient (Wildman–Crippen LogP) is 10.8. The molecule has 9 rings (SSSR count). The van der Waals surface area contributed by atoms with Gasteiger partial charge in [0, 0.05) is 21.5 Å².